The number of benzene rings is 1. The van der Waals surface area contributed by atoms with E-state index in [0.29, 0.717) is 5.56 Å². The quantitative estimate of drug-likeness (QED) is 0.776. The van der Waals surface area contributed by atoms with E-state index in [4.69, 9.17) is 5.26 Å². The van der Waals surface area contributed by atoms with Gasteiger partial charge in [0.15, 0.2) is 9.84 Å². The summed E-state index contributed by atoms with van der Waals surface area (Å²) < 4.78 is 22.9. The van der Waals surface area contributed by atoms with Gasteiger partial charge in [-0.3, -0.25) is 4.79 Å². The van der Waals surface area contributed by atoms with Gasteiger partial charge in [-0.15, -0.1) is 0 Å². The number of carbonyl (C=O) groups excluding carboxylic acids is 1. The number of rotatable bonds is 4. The predicted molar refractivity (Wildman–Crippen MR) is 69.2 cm³/mol. The Balaban J connectivity index is 2.31. The molecule has 0 saturated heterocycles. The zero-order valence-electron chi connectivity index (χ0n) is 10.5. The molecular weight excluding hydrogens is 264 g/mol. The highest BCUT2D eigenvalue weighted by Crippen LogP contribution is 2.28. The summed E-state index contributed by atoms with van der Waals surface area (Å²) in [7, 11) is -3.34. The second-order valence-electron chi connectivity index (χ2n) is 4.62. The largest absolute Gasteiger partial charge is 0.322 e. The number of sulfone groups is 1. The summed E-state index contributed by atoms with van der Waals surface area (Å²) in [6.07, 6.45) is 2.91. The average molecular weight is 278 g/mol. The lowest BCUT2D eigenvalue weighted by Gasteiger charge is -2.19. The van der Waals surface area contributed by atoms with Gasteiger partial charge in [0.2, 0.25) is 0 Å². The zero-order valence-corrected chi connectivity index (χ0v) is 11.4. The molecule has 0 N–H and O–H groups in total. The summed E-state index contributed by atoms with van der Waals surface area (Å²) in [5.74, 6) is -0.283. The van der Waals surface area contributed by atoms with Crippen molar-refractivity contribution in [1.82, 2.24) is 4.90 Å². The highest BCUT2D eigenvalue weighted by molar-refractivity contribution is 7.90. The second kappa shape index (κ2) is 5.02. The van der Waals surface area contributed by atoms with Gasteiger partial charge >= 0.3 is 0 Å². The van der Waals surface area contributed by atoms with Crippen LogP contribution in [0.1, 0.15) is 23.2 Å². The molecule has 0 unspecified atom stereocenters. The van der Waals surface area contributed by atoms with Crippen LogP contribution in [-0.4, -0.2) is 38.1 Å². The maximum Gasteiger partial charge on any atom is 0.255 e. The molecular formula is C13H14N2O3S. The van der Waals surface area contributed by atoms with Crippen LogP contribution in [0.5, 0.6) is 0 Å². The molecule has 0 atom stereocenters. The second-order valence-corrected chi connectivity index (χ2v) is 6.64. The lowest BCUT2D eigenvalue weighted by molar-refractivity contribution is 0.0764. The SMILES string of the molecule is CS(=O)(=O)c1cccc(C(=O)N(CC#N)C2CC2)c1. The van der Waals surface area contributed by atoms with Crippen molar-refractivity contribution in [3.63, 3.8) is 0 Å². The van der Waals surface area contributed by atoms with Crippen LogP contribution in [0.3, 0.4) is 0 Å². The van der Waals surface area contributed by atoms with Crippen LogP contribution in [-0.2, 0) is 9.84 Å². The lowest BCUT2D eigenvalue weighted by atomic mass is 10.2. The van der Waals surface area contributed by atoms with E-state index in [9.17, 15) is 13.2 Å². The molecule has 0 aliphatic heterocycles. The first kappa shape index (κ1) is 13.6. The summed E-state index contributed by atoms with van der Waals surface area (Å²) in [5, 5.41) is 8.75. The molecule has 2 rings (SSSR count). The van der Waals surface area contributed by atoms with Crippen LogP contribution in [0.2, 0.25) is 0 Å². The van der Waals surface area contributed by atoms with Gasteiger partial charge in [0.1, 0.15) is 6.54 Å². The molecule has 1 aromatic rings. The fourth-order valence-electron chi connectivity index (χ4n) is 1.85. The topological polar surface area (TPSA) is 78.2 Å². The molecule has 1 aromatic carbocycles. The normalized spacial score (nSPS) is 14.7. The zero-order chi connectivity index (χ0) is 14.0. The van der Waals surface area contributed by atoms with E-state index in [2.05, 4.69) is 0 Å². The van der Waals surface area contributed by atoms with E-state index < -0.39 is 9.84 Å². The third kappa shape index (κ3) is 3.12. The van der Waals surface area contributed by atoms with Crippen LogP contribution in [0.15, 0.2) is 29.2 Å². The number of hydrogen-bond donors (Lipinski definition) is 0. The molecule has 6 heteroatoms. The number of hydrogen-bond acceptors (Lipinski definition) is 4. The summed E-state index contributed by atoms with van der Waals surface area (Å²) >= 11 is 0. The van der Waals surface area contributed by atoms with Gasteiger partial charge in [-0.2, -0.15) is 5.26 Å². The Morgan fingerprint density at radius 1 is 1.47 bits per heavy atom. The van der Waals surface area contributed by atoms with E-state index in [-0.39, 0.29) is 23.4 Å². The molecule has 1 aliphatic rings. The minimum Gasteiger partial charge on any atom is -0.322 e. The van der Waals surface area contributed by atoms with E-state index in [1.54, 1.807) is 12.1 Å². The van der Waals surface area contributed by atoms with Crippen LogP contribution < -0.4 is 0 Å². The number of carbonyl (C=O) groups is 1. The van der Waals surface area contributed by atoms with Gasteiger partial charge in [-0.1, -0.05) is 6.07 Å². The molecule has 0 spiro atoms. The standard InChI is InChI=1S/C13H14N2O3S/c1-19(17,18)12-4-2-3-10(9-12)13(16)15(8-7-14)11-5-6-11/h2-4,9,11H,5-6,8H2,1H3. The number of nitrogens with zero attached hydrogens (tertiary/aromatic N) is 2. The molecule has 100 valence electrons. The Kier molecular flexibility index (Phi) is 3.58. The van der Waals surface area contributed by atoms with Gasteiger partial charge < -0.3 is 4.90 Å². The highest BCUT2D eigenvalue weighted by Gasteiger charge is 2.33. The smallest absolute Gasteiger partial charge is 0.255 e. The van der Waals surface area contributed by atoms with Crippen molar-refractivity contribution in [3.05, 3.63) is 29.8 Å². The van der Waals surface area contributed by atoms with Gasteiger partial charge in [0.25, 0.3) is 5.91 Å². The van der Waals surface area contributed by atoms with Gasteiger partial charge in [-0.25, -0.2) is 8.42 Å². The van der Waals surface area contributed by atoms with E-state index in [1.165, 1.54) is 17.0 Å². The van der Waals surface area contributed by atoms with Crippen molar-refractivity contribution < 1.29 is 13.2 Å². The predicted octanol–water partition coefficient (Wildman–Crippen LogP) is 1.22. The molecule has 1 amide bonds. The maximum atomic E-state index is 12.3. The third-order valence-electron chi connectivity index (χ3n) is 3.00. The fourth-order valence-corrected chi connectivity index (χ4v) is 2.52. The van der Waals surface area contributed by atoms with Crippen LogP contribution in [0.25, 0.3) is 0 Å². The van der Waals surface area contributed by atoms with Crippen LogP contribution >= 0.6 is 0 Å². The molecule has 0 heterocycles. The summed E-state index contributed by atoms with van der Waals surface area (Å²) in [5.41, 5.74) is 0.310. The monoisotopic (exact) mass is 278 g/mol. The van der Waals surface area contributed by atoms with Crippen molar-refractivity contribution in [2.75, 3.05) is 12.8 Å². The van der Waals surface area contributed by atoms with Gasteiger partial charge in [0.05, 0.1) is 11.0 Å². The average Bonchev–Trinajstić information content (AvgIpc) is 3.18. The van der Waals surface area contributed by atoms with Crippen molar-refractivity contribution in [3.8, 4) is 6.07 Å². The molecule has 19 heavy (non-hydrogen) atoms. The van der Waals surface area contributed by atoms with Crippen molar-refractivity contribution in [2.24, 2.45) is 0 Å². The molecule has 1 aliphatic carbocycles. The lowest BCUT2D eigenvalue weighted by Crippen LogP contribution is -2.33. The van der Waals surface area contributed by atoms with E-state index in [1.807, 2.05) is 6.07 Å². The Hall–Kier alpha value is -1.87. The van der Waals surface area contributed by atoms with Crippen molar-refractivity contribution in [1.29, 1.82) is 5.26 Å². The van der Waals surface area contributed by atoms with E-state index in [0.717, 1.165) is 19.1 Å². The molecule has 0 bridgehead atoms. The van der Waals surface area contributed by atoms with Gasteiger partial charge in [-0.05, 0) is 31.0 Å². The maximum absolute atomic E-state index is 12.3. The Morgan fingerprint density at radius 2 is 2.16 bits per heavy atom. The molecule has 1 fully saturated rings. The molecule has 1 saturated carbocycles. The molecule has 5 nitrogen and oxygen atoms in total. The highest BCUT2D eigenvalue weighted by atomic mass is 32.2. The first-order valence-electron chi connectivity index (χ1n) is 5.91. The Morgan fingerprint density at radius 3 is 2.68 bits per heavy atom. The molecule has 0 aromatic heterocycles. The summed E-state index contributed by atoms with van der Waals surface area (Å²) in [6, 6.07) is 8.03. The van der Waals surface area contributed by atoms with Crippen LogP contribution in [0, 0.1) is 11.3 Å². The number of amides is 1. The fraction of sp³-hybridized carbons (Fsp3) is 0.385. The minimum atomic E-state index is -3.34. The Bertz CT molecular complexity index is 642. The Labute approximate surface area is 112 Å². The minimum absolute atomic E-state index is 0.0343. The first-order chi connectivity index (χ1) is 8.93. The van der Waals surface area contributed by atoms with Crippen molar-refractivity contribution in [2.45, 2.75) is 23.8 Å². The first-order valence-corrected chi connectivity index (χ1v) is 7.80. The van der Waals surface area contributed by atoms with Crippen LogP contribution in [0.4, 0.5) is 0 Å². The summed E-state index contributed by atoms with van der Waals surface area (Å²) in [4.78, 5) is 13.9. The van der Waals surface area contributed by atoms with E-state index >= 15 is 0 Å². The number of nitriles is 1. The van der Waals surface area contributed by atoms with Crippen molar-refractivity contribution >= 4 is 15.7 Å². The third-order valence-corrected chi connectivity index (χ3v) is 4.11. The summed E-state index contributed by atoms with van der Waals surface area (Å²) in [6.45, 7) is 0.0343. The molecule has 0 radical (unpaired) electrons. The van der Waals surface area contributed by atoms with Gasteiger partial charge in [0, 0.05) is 17.9 Å².